The molecule has 0 aliphatic carbocycles. The van der Waals surface area contributed by atoms with Crippen molar-refractivity contribution >= 4 is 44.1 Å². The predicted octanol–water partition coefficient (Wildman–Crippen LogP) is 3.30. The lowest BCUT2D eigenvalue weighted by Gasteiger charge is -2.11. The molecule has 4 aromatic rings. The molecule has 8 nitrogen and oxygen atoms in total. The molecule has 1 amide bonds. The van der Waals surface area contributed by atoms with E-state index in [2.05, 4.69) is 14.7 Å². The highest BCUT2D eigenvalue weighted by molar-refractivity contribution is 7.14. The maximum atomic E-state index is 14.4. The topological polar surface area (TPSA) is 98.9 Å². The van der Waals surface area contributed by atoms with Gasteiger partial charge >= 0.3 is 11.9 Å². The van der Waals surface area contributed by atoms with E-state index in [1.54, 1.807) is 0 Å². The van der Waals surface area contributed by atoms with Gasteiger partial charge in [0.15, 0.2) is 5.13 Å². The van der Waals surface area contributed by atoms with Crippen molar-refractivity contribution in [3.8, 4) is 11.3 Å². The van der Waals surface area contributed by atoms with Gasteiger partial charge in [-0.3, -0.25) is 18.7 Å². The van der Waals surface area contributed by atoms with Gasteiger partial charge in [0.25, 0.3) is 5.56 Å². The lowest BCUT2D eigenvalue weighted by Crippen LogP contribution is -2.36. The van der Waals surface area contributed by atoms with Crippen LogP contribution in [-0.2, 0) is 31.5 Å². The minimum Gasteiger partial charge on any atom is -0.302 e. The van der Waals surface area contributed by atoms with Crippen LogP contribution in [0.15, 0.2) is 27.1 Å². The van der Waals surface area contributed by atoms with Gasteiger partial charge in [-0.2, -0.15) is 17.5 Å². The van der Waals surface area contributed by atoms with Crippen molar-refractivity contribution in [3.63, 3.8) is 0 Å². The zero-order valence-corrected chi connectivity index (χ0v) is 18.8. The van der Waals surface area contributed by atoms with E-state index in [9.17, 15) is 36.3 Å². The van der Waals surface area contributed by atoms with Crippen molar-refractivity contribution < 1.29 is 26.7 Å². The minimum atomic E-state index is -5.24. The molecule has 0 saturated carbocycles. The number of hydrogen-bond donors (Lipinski definition) is 1. The van der Waals surface area contributed by atoms with Crippen molar-refractivity contribution in [2.75, 3.05) is 5.32 Å². The van der Waals surface area contributed by atoms with Gasteiger partial charge in [-0.15, -0.1) is 11.3 Å². The molecule has 0 saturated heterocycles. The summed E-state index contributed by atoms with van der Waals surface area (Å²) in [5, 5.41) is 3.66. The number of benzene rings is 1. The van der Waals surface area contributed by atoms with E-state index in [0.717, 1.165) is 33.5 Å². The zero-order chi connectivity index (χ0) is 24.9. The average molecular weight is 517 g/mol. The Bertz CT molecular complexity index is 1570. The van der Waals surface area contributed by atoms with Gasteiger partial charge in [0.05, 0.1) is 23.2 Å². The number of anilines is 1. The molecule has 0 bridgehead atoms. The van der Waals surface area contributed by atoms with E-state index >= 15 is 0 Å². The highest BCUT2D eigenvalue weighted by Crippen LogP contribution is 2.38. The van der Waals surface area contributed by atoms with Gasteiger partial charge in [0, 0.05) is 25.0 Å². The molecular formula is C19H12F5N5O3S2. The Morgan fingerprint density at radius 2 is 1.85 bits per heavy atom. The number of aromatic nitrogens is 4. The molecule has 4 rings (SSSR count). The molecule has 3 heterocycles. The third-order valence-electron chi connectivity index (χ3n) is 4.87. The first-order chi connectivity index (χ1) is 15.9. The Morgan fingerprint density at radius 1 is 1.15 bits per heavy atom. The Balaban J connectivity index is 1.59. The number of alkyl halides is 3. The van der Waals surface area contributed by atoms with E-state index in [0.29, 0.717) is 10.9 Å². The second-order valence-corrected chi connectivity index (χ2v) is 8.67. The molecular weight excluding hydrogens is 505 g/mol. The number of nitrogens with one attached hydrogen (secondary N) is 1. The smallest absolute Gasteiger partial charge is 0.302 e. The molecule has 1 N–H and O–H groups in total. The number of hydrogen-bond acceptors (Lipinski definition) is 7. The summed E-state index contributed by atoms with van der Waals surface area (Å²) in [6.07, 6.45) is -5.60. The molecule has 0 spiro atoms. The number of thiazole rings is 1. The number of amides is 1. The second kappa shape index (κ2) is 8.39. The van der Waals surface area contributed by atoms with Crippen molar-refractivity contribution in [3.05, 3.63) is 61.2 Å². The number of aryl methyl sites for hydroxylation is 1. The highest BCUT2D eigenvalue weighted by Gasteiger charge is 2.39. The largest absolute Gasteiger partial charge is 0.422 e. The molecule has 0 atom stereocenters. The summed E-state index contributed by atoms with van der Waals surface area (Å²) in [5.74, 6) is -4.22. The summed E-state index contributed by atoms with van der Waals surface area (Å²) in [6.45, 7) is 0. The molecule has 3 aromatic heterocycles. The Kier molecular flexibility index (Phi) is 5.85. The van der Waals surface area contributed by atoms with Crippen LogP contribution in [0.4, 0.5) is 27.1 Å². The van der Waals surface area contributed by atoms with E-state index < -0.39 is 46.1 Å². The summed E-state index contributed by atoms with van der Waals surface area (Å²) >= 11 is 1.69. The van der Waals surface area contributed by atoms with Crippen molar-refractivity contribution in [2.24, 2.45) is 14.1 Å². The van der Waals surface area contributed by atoms with Crippen LogP contribution in [0.5, 0.6) is 0 Å². The lowest BCUT2D eigenvalue weighted by atomic mass is 10.1. The van der Waals surface area contributed by atoms with E-state index in [4.69, 9.17) is 0 Å². The normalized spacial score (nSPS) is 11.9. The van der Waals surface area contributed by atoms with Crippen molar-refractivity contribution in [1.29, 1.82) is 0 Å². The number of carbonyl (C=O) groups excluding carboxylic acids is 1. The molecule has 15 heteroatoms. The van der Waals surface area contributed by atoms with Crippen LogP contribution in [0.2, 0.25) is 0 Å². The molecule has 0 unspecified atom stereocenters. The quantitative estimate of drug-likeness (QED) is 0.419. The summed E-state index contributed by atoms with van der Waals surface area (Å²) in [6, 6.07) is 1.31. The van der Waals surface area contributed by atoms with Gasteiger partial charge in [0.1, 0.15) is 22.0 Å². The Hall–Kier alpha value is -3.46. The molecule has 0 aliphatic rings. The standard InChI is InChI=1S/C19H12F5N5O3S2/c1-28-15(31)12-9(27-34-16(12)29(2)18(28)32)5-11(30)26-17-25-10(6-33-17)7-3-4-8(20)13(14(7)21)19(22,23)24/h3-4,6H,5H2,1-2H3,(H,25,26,30). The SMILES string of the molecule is Cn1c(=O)c2c(CC(=O)Nc3nc(-c4ccc(F)c(C(F)(F)F)c4F)cs3)nsc2n(C)c1=O. The average Bonchev–Trinajstić information content (AvgIpc) is 3.37. The zero-order valence-electron chi connectivity index (χ0n) is 17.2. The van der Waals surface area contributed by atoms with Gasteiger partial charge in [-0.05, 0) is 23.7 Å². The monoisotopic (exact) mass is 517 g/mol. The molecule has 0 fully saturated rings. The number of rotatable bonds is 4. The number of halogens is 5. The molecule has 34 heavy (non-hydrogen) atoms. The van der Waals surface area contributed by atoms with E-state index in [1.165, 1.54) is 24.0 Å². The van der Waals surface area contributed by atoms with Crippen LogP contribution >= 0.6 is 22.9 Å². The first kappa shape index (κ1) is 23.7. The fourth-order valence-corrected chi connectivity index (χ4v) is 4.80. The summed E-state index contributed by atoms with van der Waals surface area (Å²) in [7, 11) is 2.75. The highest BCUT2D eigenvalue weighted by atomic mass is 32.1. The van der Waals surface area contributed by atoms with Gasteiger partial charge in [-0.25, -0.2) is 18.6 Å². The maximum Gasteiger partial charge on any atom is 0.422 e. The van der Waals surface area contributed by atoms with E-state index in [-0.39, 0.29) is 28.3 Å². The Morgan fingerprint density at radius 3 is 2.53 bits per heavy atom. The van der Waals surface area contributed by atoms with Gasteiger partial charge < -0.3 is 5.32 Å². The van der Waals surface area contributed by atoms with Crippen molar-refractivity contribution in [1.82, 2.24) is 18.5 Å². The summed E-state index contributed by atoms with van der Waals surface area (Å²) in [5.41, 5.74) is -3.88. The Labute approximate surface area is 194 Å². The van der Waals surface area contributed by atoms with Crippen LogP contribution in [0.25, 0.3) is 21.5 Å². The third-order valence-corrected chi connectivity index (χ3v) is 6.59. The van der Waals surface area contributed by atoms with Crippen LogP contribution in [-0.4, -0.2) is 24.4 Å². The summed E-state index contributed by atoms with van der Waals surface area (Å²) in [4.78, 5) is 41.2. The van der Waals surface area contributed by atoms with Crippen LogP contribution < -0.4 is 16.6 Å². The minimum absolute atomic E-state index is 0.0582. The summed E-state index contributed by atoms with van der Waals surface area (Å²) < 4.78 is 73.0. The second-order valence-electron chi connectivity index (χ2n) is 7.06. The molecule has 0 aliphatic heterocycles. The third kappa shape index (κ3) is 4.00. The van der Waals surface area contributed by atoms with Gasteiger partial charge in [-0.1, -0.05) is 0 Å². The number of nitrogens with zero attached hydrogens (tertiary/aromatic N) is 4. The first-order valence-corrected chi connectivity index (χ1v) is 10.9. The van der Waals surface area contributed by atoms with Crippen LogP contribution in [0, 0.1) is 11.6 Å². The first-order valence-electron chi connectivity index (χ1n) is 9.25. The van der Waals surface area contributed by atoms with Crippen LogP contribution in [0.3, 0.4) is 0 Å². The van der Waals surface area contributed by atoms with Crippen LogP contribution in [0.1, 0.15) is 11.3 Å². The predicted molar refractivity (Wildman–Crippen MR) is 115 cm³/mol. The fourth-order valence-electron chi connectivity index (χ4n) is 3.22. The molecule has 0 radical (unpaired) electrons. The maximum absolute atomic E-state index is 14.4. The number of carbonyl (C=O) groups is 1. The van der Waals surface area contributed by atoms with Crippen molar-refractivity contribution in [2.45, 2.75) is 12.6 Å². The lowest BCUT2D eigenvalue weighted by molar-refractivity contribution is -0.142. The van der Waals surface area contributed by atoms with E-state index in [1.807, 2.05) is 0 Å². The molecule has 1 aromatic carbocycles. The number of fused-ring (bicyclic) bond motifs is 1. The van der Waals surface area contributed by atoms with Gasteiger partial charge in [0.2, 0.25) is 5.91 Å². The fraction of sp³-hybridized carbons (Fsp3) is 0.211. The molecule has 178 valence electrons.